The maximum absolute atomic E-state index is 13.1. The van der Waals surface area contributed by atoms with E-state index >= 15 is 0 Å². The van der Waals surface area contributed by atoms with E-state index in [1.165, 1.54) is 4.90 Å². The monoisotopic (exact) mass is 394 g/mol. The van der Waals surface area contributed by atoms with E-state index in [0.717, 1.165) is 57.1 Å². The second-order valence-electron chi connectivity index (χ2n) is 7.70. The molecule has 0 bridgehead atoms. The maximum Gasteiger partial charge on any atom is 0.252 e. The summed E-state index contributed by atoms with van der Waals surface area (Å²) in [4.78, 5) is 28.3. The van der Waals surface area contributed by atoms with Crippen molar-refractivity contribution in [2.24, 2.45) is 0 Å². The van der Waals surface area contributed by atoms with Gasteiger partial charge in [-0.25, -0.2) is 0 Å². The van der Waals surface area contributed by atoms with Gasteiger partial charge in [0.25, 0.3) is 5.91 Å². The zero-order valence-electron chi connectivity index (χ0n) is 16.6. The first-order chi connectivity index (χ1) is 14.2. The van der Waals surface area contributed by atoms with Gasteiger partial charge in [0, 0.05) is 24.2 Å². The van der Waals surface area contributed by atoms with Gasteiger partial charge in [-0.15, -0.1) is 0 Å². The molecule has 0 aromatic heterocycles. The quantitative estimate of drug-likeness (QED) is 0.774. The van der Waals surface area contributed by atoms with E-state index in [1.54, 1.807) is 4.90 Å². The first-order valence-electron chi connectivity index (χ1n) is 10.4. The smallest absolute Gasteiger partial charge is 0.252 e. The normalized spacial score (nSPS) is 18.6. The van der Waals surface area contributed by atoms with Gasteiger partial charge in [0.1, 0.15) is 25.7 Å². The van der Waals surface area contributed by atoms with E-state index < -0.39 is 0 Å². The van der Waals surface area contributed by atoms with E-state index in [0.29, 0.717) is 12.0 Å². The van der Waals surface area contributed by atoms with Crippen molar-refractivity contribution in [3.05, 3.63) is 65.7 Å². The highest BCUT2D eigenvalue weighted by Crippen LogP contribution is 2.22. The molecule has 152 valence electrons. The highest BCUT2D eigenvalue weighted by Gasteiger charge is 2.25. The molecule has 2 amide bonds. The van der Waals surface area contributed by atoms with Crippen molar-refractivity contribution in [2.45, 2.75) is 18.9 Å². The molecular weight excluding hydrogens is 366 g/mol. The highest BCUT2D eigenvalue weighted by molar-refractivity contribution is 5.99. The van der Waals surface area contributed by atoms with Crippen molar-refractivity contribution < 1.29 is 19.2 Å². The van der Waals surface area contributed by atoms with Gasteiger partial charge in [0.2, 0.25) is 5.91 Å². The van der Waals surface area contributed by atoms with Crippen LogP contribution in [0.2, 0.25) is 0 Å². The minimum atomic E-state index is -0.111. The molecule has 0 saturated carbocycles. The summed E-state index contributed by atoms with van der Waals surface area (Å²) >= 11 is 0. The molecule has 2 aliphatic rings. The van der Waals surface area contributed by atoms with Crippen LogP contribution in [0, 0.1) is 0 Å². The number of nitrogens with zero attached hydrogens (tertiary/aromatic N) is 1. The Hall–Kier alpha value is -2.70. The lowest BCUT2D eigenvalue weighted by atomic mass is 10.0. The average Bonchev–Trinajstić information content (AvgIpc) is 3.20. The Balaban J connectivity index is 1.50. The molecule has 0 radical (unpaired) electrons. The van der Waals surface area contributed by atoms with Crippen LogP contribution >= 0.6 is 0 Å². The first-order valence-corrected chi connectivity index (χ1v) is 10.4. The van der Waals surface area contributed by atoms with Crippen LogP contribution in [0.5, 0.6) is 0 Å². The Bertz CT molecular complexity index is 849. The van der Waals surface area contributed by atoms with Crippen LogP contribution in [0.15, 0.2) is 54.6 Å². The number of amides is 2. The van der Waals surface area contributed by atoms with Crippen molar-refractivity contribution in [2.75, 3.05) is 44.3 Å². The topological polar surface area (TPSA) is 63.1 Å². The minimum Gasteiger partial charge on any atom is -0.370 e. The molecule has 2 saturated heterocycles. The number of benzene rings is 2. The number of carbonyl (C=O) groups excluding carboxylic acids is 2. The summed E-state index contributed by atoms with van der Waals surface area (Å²) in [5, 5.41) is 3.22. The molecule has 29 heavy (non-hydrogen) atoms. The van der Waals surface area contributed by atoms with Crippen LogP contribution in [-0.4, -0.2) is 51.2 Å². The molecule has 2 aromatic rings. The predicted molar refractivity (Wildman–Crippen MR) is 111 cm³/mol. The number of morpholine rings is 1. The molecule has 2 N–H and O–H groups in total. The zero-order chi connectivity index (χ0) is 20.1. The molecule has 1 atom stereocenters. The Labute approximate surface area is 171 Å². The molecule has 0 spiro atoms. The van der Waals surface area contributed by atoms with Crippen LogP contribution < -0.4 is 15.1 Å². The fraction of sp³-hybridized carbons (Fsp3) is 0.391. The highest BCUT2D eigenvalue weighted by atomic mass is 16.5. The lowest BCUT2D eigenvalue weighted by Gasteiger charge is -2.28. The molecular formula is C23H28N3O3+. The average molecular weight is 394 g/mol. The number of ether oxygens (including phenoxy) is 1. The summed E-state index contributed by atoms with van der Waals surface area (Å²) in [6.07, 6.45) is 1.45. The molecule has 6 heteroatoms. The van der Waals surface area contributed by atoms with Crippen LogP contribution in [0.4, 0.5) is 5.69 Å². The van der Waals surface area contributed by atoms with Crippen molar-refractivity contribution in [3.8, 4) is 0 Å². The van der Waals surface area contributed by atoms with Crippen LogP contribution in [-0.2, 0) is 9.53 Å². The first kappa shape index (κ1) is 19.6. The van der Waals surface area contributed by atoms with Crippen LogP contribution in [0.25, 0.3) is 0 Å². The third kappa shape index (κ3) is 4.83. The molecule has 6 nitrogen and oxygen atoms in total. The van der Waals surface area contributed by atoms with Gasteiger partial charge in [-0.3, -0.25) is 9.59 Å². The number of anilines is 1. The zero-order valence-corrected chi connectivity index (χ0v) is 16.6. The van der Waals surface area contributed by atoms with Gasteiger partial charge in [-0.05, 0) is 30.2 Å². The van der Waals surface area contributed by atoms with Gasteiger partial charge in [0.15, 0.2) is 0 Å². The molecule has 2 fully saturated rings. The Morgan fingerprint density at radius 2 is 1.90 bits per heavy atom. The molecule has 0 aliphatic carbocycles. The maximum atomic E-state index is 13.1. The standard InChI is InChI=1S/C23H27N3O3/c27-22-10-5-11-26(22)20-9-4-8-19(16-20)23(28)24-21(18-6-2-1-3-7-18)17-25-12-14-29-15-13-25/h1-4,6-9,16,21H,5,10-15,17H2,(H,24,28)/p+1/t21-/m0/s1. The van der Waals surface area contributed by atoms with Crippen molar-refractivity contribution >= 4 is 17.5 Å². The molecule has 4 rings (SSSR count). The third-order valence-electron chi connectivity index (χ3n) is 5.69. The van der Waals surface area contributed by atoms with Gasteiger partial charge >= 0.3 is 0 Å². The Morgan fingerprint density at radius 1 is 1.10 bits per heavy atom. The number of quaternary nitrogens is 1. The minimum absolute atomic E-state index is 0.0751. The summed E-state index contributed by atoms with van der Waals surface area (Å²) in [6.45, 7) is 4.96. The summed E-state index contributed by atoms with van der Waals surface area (Å²) in [6, 6.07) is 17.4. The van der Waals surface area contributed by atoms with Gasteiger partial charge in [-0.2, -0.15) is 0 Å². The second-order valence-corrected chi connectivity index (χ2v) is 7.70. The largest absolute Gasteiger partial charge is 0.370 e. The number of hydrogen-bond donors (Lipinski definition) is 2. The molecule has 2 heterocycles. The number of nitrogens with one attached hydrogen (secondary N) is 2. The summed E-state index contributed by atoms with van der Waals surface area (Å²) in [5.74, 6) is 0.0145. The van der Waals surface area contributed by atoms with Gasteiger partial charge in [0.05, 0.1) is 13.2 Å². The lowest BCUT2D eigenvalue weighted by Crippen LogP contribution is -3.14. The van der Waals surface area contributed by atoms with E-state index in [1.807, 2.05) is 42.5 Å². The summed E-state index contributed by atoms with van der Waals surface area (Å²) in [5.41, 5.74) is 2.49. The van der Waals surface area contributed by atoms with Crippen LogP contribution in [0.1, 0.15) is 34.8 Å². The van der Waals surface area contributed by atoms with Gasteiger partial charge in [-0.1, -0.05) is 36.4 Å². The molecule has 2 aromatic carbocycles. The lowest BCUT2D eigenvalue weighted by molar-refractivity contribution is -0.909. The van der Waals surface area contributed by atoms with E-state index in [9.17, 15) is 9.59 Å². The van der Waals surface area contributed by atoms with Gasteiger partial charge < -0.3 is 19.9 Å². The second kappa shape index (κ2) is 9.20. The SMILES string of the molecule is O=C(N[C@@H](C[NH+]1CCOCC1)c1ccccc1)c1cccc(N2CCCC2=O)c1. The van der Waals surface area contributed by atoms with Crippen molar-refractivity contribution in [1.29, 1.82) is 0 Å². The van der Waals surface area contributed by atoms with Crippen LogP contribution in [0.3, 0.4) is 0 Å². The van der Waals surface area contributed by atoms with E-state index in [2.05, 4.69) is 17.4 Å². The summed E-state index contributed by atoms with van der Waals surface area (Å²) in [7, 11) is 0. The van der Waals surface area contributed by atoms with Crippen molar-refractivity contribution in [3.63, 3.8) is 0 Å². The molecule has 2 aliphatic heterocycles. The predicted octanol–water partition coefficient (Wildman–Crippen LogP) is 1.20. The summed E-state index contributed by atoms with van der Waals surface area (Å²) < 4.78 is 5.47. The number of carbonyl (C=O) groups is 2. The fourth-order valence-electron chi connectivity index (χ4n) is 4.07. The Morgan fingerprint density at radius 3 is 2.62 bits per heavy atom. The third-order valence-corrected chi connectivity index (χ3v) is 5.69. The fourth-order valence-corrected chi connectivity index (χ4v) is 4.07. The number of rotatable bonds is 6. The van der Waals surface area contributed by atoms with E-state index in [4.69, 9.17) is 4.74 Å². The van der Waals surface area contributed by atoms with Crippen molar-refractivity contribution in [1.82, 2.24) is 5.32 Å². The molecule has 0 unspecified atom stereocenters. The number of hydrogen-bond acceptors (Lipinski definition) is 3. The van der Waals surface area contributed by atoms with E-state index in [-0.39, 0.29) is 17.9 Å². The Kier molecular flexibility index (Phi) is 6.22.